The van der Waals surface area contributed by atoms with E-state index >= 15 is 0 Å². The second-order valence-corrected chi connectivity index (χ2v) is 5.31. The van der Waals surface area contributed by atoms with Gasteiger partial charge in [0.15, 0.2) is 0 Å². The van der Waals surface area contributed by atoms with Gasteiger partial charge in [-0.1, -0.05) is 30.9 Å². The van der Waals surface area contributed by atoms with E-state index in [0.717, 1.165) is 6.08 Å². The summed E-state index contributed by atoms with van der Waals surface area (Å²) in [7, 11) is -2.74. The first-order chi connectivity index (χ1) is 7.62. The number of amides is 1. The number of rotatable bonds is 4. The Kier molecular flexibility index (Phi) is 4.19. The number of nitrogens with zero attached hydrogens (tertiary/aromatic N) is 1. The molecule has 0 fully saturated rings. The van der Waals surface area contributed by atoms with E-state index in [1.54, 1.807) is 24.3 Å². The molecule has 1 aromatic carbocycles. The standard InChI is InChI=1S/C12H13NO2S/c1-3-10-16(15,13-12(14)4-2)11-8-6-5-7-9-11/h3-9H,1-2,10H2. The van der Waals surface area contributed by atoms with E-state index in [4.69, 9.17) is 0 Å². The summed E-state index contributed by atoms with van der Waals surface area (Å²) in [6, 6.07) is 8.70. The monoisotopic (exact) mass is 235 g/mol. The van der Waals surface area contributed by atoms with E-state index < -0.39 is 15.6 Å². The highest BCUT2D eigenvalue weighted by Gasteiger charge is 2.11. The molecule has 0 aromatic heterocycles. The molecule has 1 unspecified atom stereocenters. The van der Waals surface area contributed by atoms with Gasteiger partial charge in [-0.15, -0.1) is 6.58 Å². The van der Waals surface area contributed by atoms with Crippen LogP contribution in [0.3, 0.4) is 0 Å². The molecule has 0 saturated heterocycles. The molecule has 0 aliphatic heterocycles. The molecule has 0 radical (unpaired) electrons. The highest BCUT2D eigenvalue weighted by atomic mass is 32.2. The third-order valence-corrected chi connectivity index (χ3v) is 4.04. The summed E-state index contributed by atoms with van der Waals surface area (Å²) in [5.74, 6) is -0.424. The topological polar surface area (TPSA) is 46.5 Å². The van der Waals surface area contributed by atoms with Crippen LogP contribution in [0, 0.1) is 0 Å². The van der Waals surface area contributed by atoms with Gasteiger partial charge in [-0.2, -0.15) is 4.36 Å². The van der Waals surface area contributed by atoms with E-state index in [2.05, 4.69) is 17.5 Å². The van der Waals surface area contributed by atoms with Gasteiger partial charge in [0.25, 0.3) is 5.91 Å². The highest BCUT2D eigenvalue weighted by Crippen LogP contribution is 2.14. The fourth-order valence-electron chi connectivity index (χ4n) is 1.16. The fourth-order valence-corrected chi connectivity index (χ4v) is 2.80. The number of carbonyl (C=O) groups is 1. The minimum absolute atomic E-state index is 0.149. The number of benzene rings is 1. The van der Waals surface area contributed by atoms with Crippen LogP contribution in [0.2, 0.25) is 0 Å². The lowest BCUT2D eigenvalue weighted by Gasteiger charge is -2.06. The first-order valence-corrected chi connectivity index (χ1v) is 6.38. The molecule has 0 N–H and O–H groups in total. The van der Waals surface area contributed by atoms with Crippen molar-refractivity contribution >= 4 is 15.6 Å². The van der Waals surface area contributed by atoms with E-state index in [0.29, 0.717) is 4.90 Å². The lowest BCUT2D eigenvalue weighted by atomic mass is 10.4. The Bertz CT molecular complexity index is 511. The lowest BCUT2D eigenvalue weighted by Crippen LogP contribution is -2.07. The maximum atomic E-state index is 12.4. The molecule has 0 heterocycles. The van der Waals surface area contributed by atoms with Crippen molar-refractivity contribution in [1.29, 1.82) is 0 Å². The summed E-state index contributed by atoms with van der Waals surface area (Å²) in [5.41, 5.74) is 0. The van der Waals surface area contributed by atoms with Crippen molar-refractivity contribution in [3.05, 3.63) is 55.6 Å². The first-order valence-electron chi connectivity index (χ1n) is 4.69. The van der Waals surface area contributed by atoms with Crippen LogP contribution in [0.1, 0.15) is 0 Å². The fraction of sp³-hybridized carbons (Fsp3) is 0.0833. The van der Waals surface area contributed by atoms with Crippen LogP contribution in [0.4, 0.5) is 0 Å². The molecule has 1 amide bonds. The second kappa shape index (κ2) is 5.42. The van der Waals surface area contributed by atoms with Gasteiger partial charge >= 0.3 is 0 Å². The van der Waals surface area contributed by atoms with E-state index in [9.17, 15) is 9.00 Å². The maximum Gasteiger partial charge on any atom is 0.277 e. The minimum atomic E-state index is -2.74. The summed E-state index contributed by atoms with van der Waals surface area (Å²) < 4.78 is 16.1. The van der Waals surface area contributed by atoms with E-state index in [1.807, 2.05) is 6.07 Å². The normalized spacial score (nSPS) is 13.5. The molecule has 0 aliphatic rings. The Morgan fingerprint density at radius 3 is 2.44 bits per heavy atom. The molecular weight excluding hydrogens is 222 g/mol. The zero-order chi connectivity index (χ0) is 12.0. The second-order valence-electron chi connectivity index (χ2n) is 3.04. The number of hydrogen-bond donors (Lipinski definition) is 0. The van der Waals surface area contributed by atoms with Crippen molar-refractivity contribution in [3.63, 3.8) is 0 Å². The van der Waals surface area contributed by atoms with Gasteiger partial charge in [-0.25, -0.2) is 4.21 Å². The smallest absolute Gasteiger partial charge is 0.267 e. The molecule has 0 aliphatic carbocycles. The molecular formula is C12H13NO2S. The average molecular weight is 235 g/mol. The molecule has 0 spiro atoms. The minimum Gasteiger partial charge on any atom is -0.267 e. The molecule has 0 saturated carbocycles. The Balaban J connectivity index is 3.33. The third kappa shape index (κ3) is 2.90. The van der Waals surface area contributed by atoms with Crippen LogP contribution < -0.4 is 0 Å². The predicted molar refractivity (Wildman–Crippen MR) is 65.5 cm³/mol. The van der Waals surface area contributed by atoms with Crippen LogP contribution in [0.15, 0.2) is 64.9 Å². The van der Waals surface area contributed by atoms with Crippen LogP contribution in [-0.4, -0.2) is 15.9 Å². The molecule has 84 valence electrons. The van der Waals surface area contributed by atoms with Gasteiger partial charge in [0.1, 0.15) is 0 Å². The van der Waals surface area contributed by atoms with Crippen LogP contribution >= 0.6 is 0 Å². The maximum absolute atomic E-state index is 12.4. The Labute approximate surface area is 95.7 Å². The number of hydrogen-bond acceptors (Lipinski definition) is 2. The Hall–Kier alpha value is -1.68. The molecule has 0 bridgehead atoms. The van der Waals surface area contributed by atoms with Crippen molar-refractivity contribution in [1.82, 2.24) is 0 Å². The van der Waals surface area contributed by atoms with Gasteiger partial charge in [0.2, 0.25) is 0 Å². The molecule has 16 heavy (non-hydrogen) atoms. The van der Waals surface area contributed by atoms with Gasteiger partial charge in [-0.3, -0.25) is 4.79 Å². The summed E-state index contributed by atoms with van der Waals surface area (Å²) in [4.78, 5) is 11.7. The van der Waals surface area contributed by atoms with Gasteiger partial charge in [0.05, 0.1) is 15.5 Å². The average Bonchev–Trinajstić information content (AvgIpc) is 2.30. The first kappa shape index (κ1) is 12.4. The zero-order valence-corrected chi connectivity index (χ0v) is 9.65. The Morgan fingerprint density at radius 1 is 1.31 bits per heavy atom. The van der Waals surface area contributed by atoms with Gasteiger partial charge in [-0.05, 0) is 18.2 Å². The third-order valence-electron chi connectivity index (χ3n) is 1.87. The van der Waals surface area contributed by atoms with Crippen LogP contribution in [-0.2, 0) is 14.5 Å². The molecule has 4 heteroatoms. The molecule has 3 nitrogen and oxygen atoms in total. The van der Waals surface area contributed by atoms with Gasteiger partial charge in [0, 0.05) is 4.90 Å². The summed E-state index contributed by atoms with van der Waals surface area (Å²) in [6.07, 6.45) is 2.54. The van der Waals surface area contributed by atoms with E-state index in [1.165, 1.54) is 6.08 Å². The summed E-state index contributed by atoms with van der Waals surface area (Å²) in [5, 5.41) is 0. The lowest BCUT2D eigenvalue weighted by molar-refractivity contribution is -0.113. The highest BCUT2D eigenvalue weighted by molar-refractivity contribution is 7.94. The summed E-state index contributed by atoms with van der Waals surface area (Å²) >= 11 is 0. The quantitative estimate of drug-likeness (QED) is 0.594. The van der Waals surface area contributed by atoms with Crippen LogP contribution in [0.5, 0.6) is 0 Å². The van der Waals surface area contributed by atoms with Crippen molar-refractivity contribution in [2.24, 2.45) is 4.36 Å². The van der Waals surface area contributed by atoms with Gasteiger partial charge < -0.3 is 0 Å². The zero-order valence-electron chi connectivity index (χ0n) is 8.83. The molecule has 1 aromatic rings. The van der Waals surface area contributed by atoms with Crippen LogP contribution in [0.25, 0.3) is 0 Å². The Morgan fingerprint density at radius 2 is 1.94 bits per heavy atom. The molecule has 1 rings (SSSR count). The van der Waals surface area contributed by atoms with E-state index in [-0.39, 0.29) is 5.75 Å². The predicted octanol–water partition coefficient (Wildman–Crippen LogP) is 2.41. The molecule has 1 atom stereocenters. The van der Waals surface area contributed by atoms with Crippen molar-refractivity contribution in [2.75, 3.05) is 5.75 Å². The van der Waals surface area contributed by atoms with Crippen molar-refractivity contribution < 1.29 is 9.00 Å². The van der Waals surface area contributed by atoms with Crippen molar-refractivity contribution in [2.45, 2.75) is 4.90 Å². The number of carbonyl (C=O) groups excluding carboxylic acids is 1. The van der Waals surface area contributed by atoms with Crippen molar-refractivity contribution in [3.8, 4) is 0 Å². The SMILES string of the molecule is C=CCS(=O)(=NC(=O)C=C)c1ccccc1. The largest absolute Gasteiger partial charge is 0.277 e. The summed E-state index contributed by atoms with van der Waals surface area (Å²) in [6.45, 7) is 6.83.